The van der Waals surface area contributed by atoms with E-state index in [2.05, 4.69) is 10.3 Å². The topological polar surface area (TPSA) is 144 Å². The van der Waals surface area contributed by atoms with E-state index in [1.807, 2.05) is 4.90 Å². The van der Waals surface area contributed by atoms with E-state index in [4.69, 9.17) is 45.8 Å². The second-order valence-electron chi connectivity index (χ2n) is 7.73. The lowest BCUT2D eigenvalue weighted by Gasteiger charge is -2.37. The summed E-state index contributed by atoms with van der Waals surface area (Å²) in [5, 5.41) is 3.10. The number of nitrogens with one attached hydrogen (secondary N) is 1. The summed E-state index contributed by atoms with van der Waals surface area (Å²) >= 11 is 6.02. The van der Waals surface area contributed by atoms with E-state index in [1.54, 1.807) is 14.2 Å². The van der Waals surface area contributed by atoms with Gasteiger partial charge in [0.15, 0.2) is 0 Å². The zero-order valence-electron chi connectivity index (χ0n) is 20.4. The van der Waals surface area contributed by atoms with Gasteiger partial charge in [-0.3, -0.25) is 14.5 Å². The molecule has 13 heteroatoms. The number of nitrogens with zero attached hydrogens (tertiary/aromatic N) is 2. The van der Waals surface area contributed by atoms with Crippen molar-refractivity contribution in [1.29, 1.82) is 0 Å². The molecule has 0 unspecified atom stereocenters. The Morgan fingerprint density at radius 2 is 1.83 bits per heavy atom. The second-order valence-corrected chi connectivity index (χ2v) is 8.14. The van der Waals surface area contributed by atoms with Gasteiger partial charge in [-0.05, 0) is 12.5 Å². The first kappa shape index (κ1) is 29.0. The van der Waals surface area contributed by atoms with Crippen molar-refractivity contribution in [2.24, 2.45) is 0 Å². The summed E-state index contributed by atoms with van der Waals surface area (Å²) in [6.07, 6.45) is 0.243. The van der Waals surface area contributed by atoms with Crippen molar-refractivity contribution in [3.8, 4) is 5.88 Å². The van der Waals surface area contributed by atoms with Gasteiger partial charge in [0.25, 0.3) is 5.91 Å². The second kappa shape index (κ2) is 15.7. The number of nitrogen functional groups attached to an aromatic ring is 1. The van der Waals surface area contributed by atoms with Gasteiger partial charge in [-0.15, -0.1) is 0 Å². The largest absolute Gasteiger partial charge is 0.480 e. The van der Waals surface area contributed by atoms with Gasteiger partial charge in [-0.25, -0.2) is 0 Å². The first-order valence-electron chi connectivity index (χ1n) is 11.3. The number of pyridine rings is 1. The van der Waals surface area contributed by atoms with E-state index in [0.717, 1.165) is 0 Å². The summed E-state index contributed by atoms with van der Waals surface area (Å²) < 4.78 is 31.5. The molecule has 1 saturated heterocycles. The molecule has 35 heavy (non-hydrogen) atoms. The number of carbonyl (C=O) groups is 2. The van der Waals surface area contributed by atoms with Crippen LogP contribution in [-0.2, 0) is 28.5 Å². The number of nitrogens with two attached hydrogens (primary N) is 1. The molecule has 1 aliphatic heterocycles. The third-order valence-corrected chi connectivity index (χ3v) is 5.62. The number of amides is 1. The van der Waals surface area contributed by atoms with E-state index < -0.39 is 5.91 Å². The molecule has 1 amide bonds. The van der Waals surface area contributed by atoms with E-state index in [0.29, 0.717) is 52.5 Å². The van der Waals surface area contributed by atoms with Gasteiger partial charge in [-0.1, -0.05) is 11.6 Å². The maximum atomic E-state index is 12.8. The van der Waals surface area contributed by atoms with E-state index in [1.165, 1.54) is 13.2 Å². The lowest BCUT2D eigenvalue weighted by Crippen LogP contribution is -2.55. The third kappa shape index (κ3) is 9.74. The standard InChI is InChI=1S/C22H35ClN4O8/c1-30-6-7-33-8-9-34-10-11-35-19(28)14-27-5-4-17(18(13-27)31-2)25-21(29)15-12-16(23)20(24)26-22(15)32-3/h12,17-18H,4-11,13-14H2,1-3H3,(H2,24,26)(H,25,29)/t17-,18+/m0/s1. The molecule has 0 spiro atoms. The molecule has 1 aromatic heterocycles. The lowest BCUT2D eigenvalue weighted by atomic mass is 10.0. The predicted molar refractivity (Wildman–Crippen MR) is 128 cm³/mol. The highest BCUT2D eigenvalue weighted by Crippen LogP contribution is 2.25. The lowest BCUT2D eigenvalue weighted by molar-refractivity contribution is -0.147. The number of rotatable bonds is 15. The zero-order valence-corrected chi connectivity index (χ0v) is 21.2. The Balaban J connectivity index is 1.73. The monoisotopic (exact) mass is 518 g/mol. The van der Waals surface area contributed by atoms with Crippen molar-refractivity contribution in [3.63, 3.8) is 0 Å². The normalized spacial score (nSPS) is 18.3. The molecule has 2 rings (SSSR count). The minimum Gasteiger partial charge on any atom is -0.480 e. The summed E-state index contributed by atoms with van der Waals surface area (Å²) in [5.41, 5.74) is 5.86. The summed E-state index contributed by atoms with van der Waals surface area (Å²) in [4.78, 5) is 30.9. The average Bonchev–Trinajstić information content (AvgIpc) is 2.85. The van der Waals surface area contributed by atoms with Crippen LogP contribution in [0.5, 0.6) is 5.88 Å². The fourth-order valence-corrected chi connectivity index (χ4v) is 3.64. The van der Waals surface area contributed by atoms with Crippen molar-refractivity contribution < 1.29 is 38.0 Å². The van der Waals surface area contributed by atoms with Crippen LogP contribution in [-0.4, -0.2) is 115 Å². The van der Waals surface area contributed by atoms with Gasteiger partial charge in [0.1, 0.15) is 18.0 Å². The van der Waals surface area contributed by atoms with Crippen LogP contribution in [0.1, 0.15) is 16.8 Å². The highest BCUT2D eigenvalue weighted by atomic mass is 35.5. The number of anilines is 1. The van der Waals surface area contributed by atoms with Crippen molar-refractivity contribution in [3.05, 3.63) is 16.7 Å². The average molecular weight is 519 g/mol. The van der Waals surface area contributed by atoms with Gasteiger partial charge < -0.3 is 39.5 Å². The molecule has 1 aromatic rings. The number of aromatic nitrogens is 1. The molecule has 0 radical (unpaired) electrons. The molecule has 0 aromatic carbocycles. The van der Waals surface area contributed by atoms with Crippen LogP contribution < -0.4 is 15.8 Å². The molecule has 198 valence electrons. The smallest absolute Gasteiger partial charge is 0.320 e. The molecule has 12 nitrogen and oxygen atoms in total. The Hall–Kier alpha value is -2.22. The van der Waals surface area contributed by atoms with Gasteiger partial charge in [0.05, 0.1) is 63.9 Å². The SMILES string of the molecule is COCCOCCOCCOC(=O)CN1CC[C@H](NC(=O)c2cc(Cl)c(N)nc2OC)[C@H](OC)C1. The highest BCUT2D eigenvalue weighted by molar-refractivity contribution is 6.33. The van der Waals surface area contributed by atoms with Crippen LogP contribution in [0.3, 0.4) is 0 Å². The zero-order chi connectivity index (χ0) is 25.6. The van der Waals surface area contributed by atoms with Gasteiger partial charge in [-0.2, -0.15) is 4.98 Å². The Kier molecular flexibility index (Phi) is 13.0. The van der Waals surface area contributed by atoms with Gasteiger partial charge >= 0.3 is 5.97 Å². The van der Waals surface area contributed by atoms with Crippen LogP contribution in [0.2, 0.25) is 5.02 Å². The van der Waals surface area contributed by atoms with Crippen molar-refractivity contribution >= 4 is 29.3 Å². The minimum atomic E-state index is -0.403. The van der Waals surface area contributed by atoms with Crippen LogP contribution in [0.4, 0.5) is 5.82 Å². The van der Waals surface area contributed by atoms with Crippen LogP contribution in [0.15, 0.2) is 6.07 Å². The summed E-state index contributed by atoms with van der Waals surface area (Å²) in [7, 11) is 4.57. The number of halogens is 1. The number of piperidine rings is 1. The molecule has 1 aliphatic rings. The van der Waals surface area contributed by atoms with Crippen molar-refractivity contribution in [2.75, 3.05) is 86.3 Å². The number of ether oxygens (including phenoxy) is 6. The van der Waals surface area contributed by atoms with Gasteiger partial charge in [0, 0.05) is 27.3 Å². The molecule has 2 atom stereocenters. The molecular formula is C22H35ClN4O8. The Labute approximate surface area is 210 Å². The number of hydrogen-bond donors (Lipinski definition) is 2. The third-order valence-electron chi connectivity index (χ3n) is 5.32. The summed E-state index contributed by atoms with van der Waals surface area (Å²) in [6, 6.07) is 1.14. The minimum absolute atomic E-state index is 0.0774. The van der Waals surface area contributed by atoms with Crippen LogP contribution >= 0.6 is 11.6 Å². The number of methoxy groups -OCH3 is 3. The molecule has 1 fully saturated rings. The number of likely N-dealkylation sites (tertiary alicyclic amines) is 1. The first-order chi connectivity index (χ1) is 16.9. The molecule has 2 heterocycles. The number of hydrogen-bond acceptors (Lipinski definition) is 11. The van der Waals surface area contributed by atoms with E-state index in [9.17, 15) is 9.59 Å². The molecule has 0 bridgehead atoms. The Morgan fingerprint density at radius 3 is 2.49 bits per heavy atom. The van der Waals surface area contributed by atoms with E-state index in [-0.39, 0.29) is 53.6 Å². The molecule has 3 N–H and O–H groups in total. The molecular weight excluding hydrogens is 484 g/mol. The Bertz CT molecular complexity index is 816. The van der Waals surface area contributed by atoms with E-state index >= 15 is 0 Å². The first-order valence-corrected chi connectivity index (χ1v) is 11.6. The van der Waals surface area contributed by atoms with Crippen molar-refractivity contribution in [2.45, 2.75) is 18.6 Å². The Morgan fingerprint density at radius 1 is 1.14 bits per heavy atom. The predicted octanol–water partition coefficient (Wildman–Crippen LogP) is 0.368. The molecule has 0 saturated carbocycles. The molecule has 0 aliphatic carbocycles. The van der Waals surface area contributed by atoms with Crippen molar-refractivity contribution in [1.82, 2.24) is 15.2 Å². The number of carbonyl (C=O) groups excluding carboxylic acids is 2. The number of esters is 1. The van der Waals surface area contributed by atoms with Gasteiger partial charge in [0.2, 0.25) is 5.88 Å². The fraction of sp³-hybridized carbons (Fsp3) is 0.682. The highest BCUT2D eigenvalue weighted by Gasteiger charge is 2.32. The van der Waals surface area contributed by atoms with Crippen LogP contribution in [0, 0.1) is 0 Å². The quantitative estimate of drug-likeness (QED) is 0.245. The van der Waals surface area contributed by atoms with Crippen LogP contribution in [0.25, 0.3) is 0 Å². The summed E-state index contributed by atoms with van der Waals surface area (Å²) in [6.45, 7) is 3.52. The fourth-order valence-electron chi connectivity index (χ4n) is 3.48. The maximum Gasteiger partial charge on any atom is 0.320 e. The summed E-state index contributed by atoms with van der Waals surface area (Å²) in [5.74, 6) is -0.593. The maximum absolute atomic E-state index is 12.8.